The molecule has 0 fully saturated rings. The number of hydrogen-bond acceptors (Lipinski definition) is 3. The minimum Gasteiger partial charge on any atom is -0.349 e. The first kappa shape index (κ1) is 14.7. The second-order valence-electron chi connectivity index (χ2n) is 4.54. The molecule has 2 amide bonds. The third-order valence-electron chi connectivity index (χ3n) is 2.94. The molecule has 0 aliphatic rings. The molecule has 1 aromatic heterocycles. The predicted molar refractivity (Wildman–Crippen MR) is 80.6 cm³/mol. The van der Waals surface area contributed by atoms with Crippen LogP contribution in [0.2, 0.25) is 0 Å². The smallest absolute Gasteiger partial charge is 0.240 e. The molecule has 5 nitrogen and oxygen atoms in total. The molecule has 2 aromatic rings. The number of carbonyl (C=O) groups excluding carboxylic acids is 2. The predicted octanol–water partition coefficient (Wildman–Crippen LogP) is 1.75. The molecule has 0 saturated carbocycles. The Morgan fingerprint density at radius 3 is 2.43 bits per heavy atom. The maximum absolute atomic E-state index is 12.0. The molecule has 0 spiro atoms. The zero-order valence-corrected chi connectivity index (χ0v) is 11.8. The summed E-state index contributed by atoms with van der Waals surface area (Å²) in [6.07, 6.45) is 1.67. The van der Waals surface area contributed by atoms with E-state index >= 15 is 0 Å². The summed E-state index contributed by atoms with van der Waals surface area (Å²) in [5.41, 5.74) is 1.48. The molecule has 2 rings (SSSR count). The normalized spacial score (nSPS) is 9.95. The molecule has 0 aliphatic carbocycles. The number of nitrogens with one attached hydrogen (secondary N) is 1. The minimum atomic E-state index is -0.222. The lowest BCUT2D eigenvalue weighted by Gasteiger charge is -2.20. The number of aromatic nitrogens is 1. The van der Waals surface area contributed by atoms with Gasteiger partial charge in [-0.2, -0.15) is 0 Å². The highest BCUT2D eigenvalue weighted by Crippen LogP contribution is 2.12. The van der Waals surface area contributed by atoms with Gasteiger partial charge in [0.25, 0.3) is 0 Å². The first-order valence-corrected chi connectivity index (χ1v) is 6.66. The molecule has 108 valence electrons. The van der Waals surface area contributed by atoms with E-state index in [0.29, 0.717) is 12.2 Å². The number of benzene rings is 1. The highest BCUT2D eigenvalue weighted by molar-refractivity contribution is 5.97. The van der Waals surface area contributed by atoms with Gasteiger partial charge in [0.2, 0.25) is 11.8 Å². The number of nitrogens with zero attached hydrogens (tertiary/aromatic N) is 2. The van der Waals surface area contributed by atoms with Crippen LogP contribution in [0.4, 0.5) is 5.69 Å². The third kappa shape index (κ3) is 4.42. The molecule has 0 aliphatic heterocycles. The minimum absolute atomic E-state index is 0.00776. The summed E-state index contributed by atoms with van der Waals surface area (Å²) >= 11 is 0. The van der Waals surface area contributed by atoms with Crippen molar-refractivity contribution in [1.82, 2.24) is 10.3 Å². The van der Waals surface area contributed by atoms with Crippen molar-refractivity contribution in [2.75, 3.05) is 11.4 Å². The number of pyridine rings is 1. The molecule has 0 saturated heterocycles. The van der Waals surface area contributed by atoms with Crippen molar-refractivity contribution in [1.29, 1.82) is 0 Å². The molecule has 1 heterocycles. The van der Waals surface area contributed by atoms with Crippen molar-refractivity contribution in [2.24, 2.45) is 0 Å². The molecule has 0 bridgehead atoms. The highest BCUT2D eigenvalue weighted by Gasteiger charge is 2.15. The van der Waals surface area contributed by atoms with E-state index in [9.17, 15) is 9.59 Å². The van der Waals surface area contributed by atoms with Gasteiger partial charge >= 0.3 is 0 Å². The monoisotopic (exact) mass is 283 g/mol. The quantitative estimate of drug-likeness (QED) is 0.909. The van der Waals surface area contributed by atoms with E-state index in [1.807, 2.05) is 36.4 Å². The van der Waals surface area contributed by atoms with Crippen molar-refractivity contribution >= 4 is 17.5 Å². The van der Waals surface area contributed by atoms with Crippen molar-refractivity contribution in [3.63, 3.8) is 0 Å². The van der Waals surface area contributed by atoms with Gasteiger partial charge in [-0.1, -0.05) is 24.3 Å². The van der Waals surface area contributed by atoms with Crippen LogP contribution < -0.4 is 10.2 Å². The summed E-state index contributed by atoms with van der Waals surface area (Å²) < 4.78 is 0. The van der Waals surface area contributed by atoms with Crippen LogP contribution in [0.3, 0.4) is 0 Å². The summed E-state index contributed by atoms with van der Waals surface area (Å²) in [6.45, 7) is 1.78. The first-order valence-electron chi connectivity index (χ1n) is 6.66. The van der Waals surface area contributed by atoms with Crippen molar-refractivity contribution < 1.29 is 9.59 Å². The summed E-state index contributed by atoms with van der Waals surface area (Å²) in [7, 11) is 0. The summed E-state index contributed by atoms with van der Waals surface area (Å²) in [5, 5.41) is 2.76. The zero-order chi connectivity index (χ0) is 15.1. The average molecular weight is 283 g/mol. The Labute approximate surface area is 123 Å². The van der Waals surface area contributed by atoms with Gasteiger partial charge in [0.1, 0.15) is 6.54 Å². The molecule has 1 aromatic carbocycles. The fraction of sp³-hybridized carbons (Fsp3) is 0.188. The second-order valence-corrected chi connectivity index (χ2v) is 4.54. The summed E-state index contributed by atoms with van der Waals surface area (Å²) in [4.78, 5) is 29.2. The number of para-hydroxylation sites is 1. The van der Waals surface area contributed by atoms with Gasteiger partial charge < -0.3 is 10.2 Å². The van der Waals surface area contributed by atoms with Gasteiger partial charge in [-0.05, 0) is 24.3 Å². The fourth-order valence-corrected chi connectivity index (χ4v) is 1.88. The van der Waals surface area contributed by atoms with Crippen molar-refractivity contribution in [3.8, 4) is 0 Å². The van der Waals surface area contributed by atoms with Gasteiger partial charge in [0, 0.05) is 18.8 Å². The van der Waals surface area contributed by atoms with Crippen LogP contribution >= 0.6 is 0 Å². The zero-order valence-electron chi connectivity index (χ0n) is 11.8. The van der Waals surface area contributed by atoms with Crippen LogP contribution in [0.1, 0.15) is 12.6 Å². The van der Waals surface area contributed by atoms with E-state index in [0.717, 1.165) is 5.69 Å². The largest absolute Gasteiger partial charge is 0.349 e. The van der Waals surface area contributed by atoms with E-state index in [-0.39, 0.29) is 18.4 Å². The van der Waals surface area contributed by atoms with E-state index in [1.165, 1.54) is 11.8 Å². The van der Waals surface area contributed by atoms with Gasteiger partial charge in [0.15, 0.2) is 0 Å². The molecule has 0 atom stereocenters. The Morgan fingerprint density at radius 2 is 1.81 bits per heavy atom. The molecular weight excluding hydrogens is 266 g/mol. The number of hydrogen-bond donors (Lipinski definition) is 1. The summed E-state index contributed by atoms with van der Waals surface area (Å²) in [6, 6.07) is 14.6. The SMILES string of the molecule is CC(=O)N(CC(=O)NCc1ccccn1)c1ccccc1. The van der Waals surface area contributed by atoms with E-state index in [2.05, 4.69) is 10.3 Å². The molecular formula is C16H17N3O2. The van der Waals surface area contributed by atoms with Crippen LogP contribution in [0.25, 0.3) is 0 Å². The fourth-order valence-electron chi connectivity index (χ4n) is 1.88. The Hall–Kier alpha value is -2.69. The average Bonchev–Trinajstić information content (AvgIpc) is 2.52. The Morgan fingerprint density at radius 1 is 1.10 bits per heavy atom. The van der Waals surface area contributed by atoms with Crippen LogP contribution in [0.5, 0.6) is 0 Å². The number of rotatable bonds is 5. The second kappa shape index (κ2) is 7.19. The van der Waals surface area contributed by atoms with Crippen molar-refractivity contribution in [3.05, 3.63) is 60.4 Å². The van der Waals surface area contributed by atoms with Crippen LogP contribution in [0.15, 0.2) is 54.7 Å². The van der Waals surface area contributed by atoms with E-state index in [4.69, 9.17) is 0 Å². The number of carbonyl (C=O) groups is 2. The van der Waals surface area contributed by atoms with Gasteiger partial charge in [-0.3, -0.25) is 14.6 Å². The Kier molecular flexibility index (Phi) is 5.04. The molecule has 0 radical (unpaired) electrons. The van der Waals surface area contributed by atoms with Gasteiger partial charge in [-0.15, -0.1) is 0 Å². The van der Waals surface area contributed by atoms with Crippen LogP contribution in [-0.4, -0.2) is 23.3 Å². The lowest BCUT2D eigenvalue weighted by molar-refractivity contribution is -0.123. The standard InChI is InChI=1S/C16H17N3O2/c1-13(20)19(15-8-3-2-4-9-15)12-16(21)18-11-14-7-5-6-10-17-14/h2-10H,11-12H2,1H3,(H,18,21). The Balaban J connectivity index is 1.95. The third-order valence-corrected chi connectivity index (χ3v) is 2.94. The topological polar surface area (TPSA) is 62.3 Å². The van der Waals surface area contributed by atoms with Gasteiger partial charge in [0.05, 0.1) is 12.2 Å². The summed E-state index contributed by atoms with van der Waals surface area (Å²) in [5.74, 6) is -0.395. The van der Waals surface area contributed by atoms with Gasteiger partial charge in [-0.25, -0.2) is 0 Å². The Bertz CT molecular complexity index is 599. The molecule has 1 N–H and O–H groups in total. The maximum atomic E-state index is 12.0. The lowest BCUT2D eigenvalue weighted by atomic mass is 10.2. The molecule has 0 unspecified atom stereocenters. The molecule has 21 heavy (non-hydrogen) atoms. The maximum Gasteiger partial charge on any atom is 0.240 e. The van der Waals surface area contributed by atoms with E-state index < -0.39 is 0 Å². The lowest BCUT2D eigenvalue weighted by Crippen LogP contribution is -2.39. The number of amides is 2. The molecule has 5 heteroatoms. The van der Waals surface area contributed by atoms with E-state index in [1.54, 1.807) is 18.3 Å². The highest BCUT2D eigenvalue weighted by atomic mass is 16.2. The van der Waals surface area contributed by atoms with Crippen LogP contribution in [-0.2, 0) is 16.1 Å². The number of anilines is 1. The van der Waals surface area contributed by atoms with Crippen LogP contribution in [0, 0.1) is 0 Å². The first-order chi connectivity index (χ1) is 10.2. The van der Waals surface area contributed by atoms with Crippen molar-refractivity contribution in [2.45, 2.75) is 13.5 Å².